The highest BCUT2D eigenvalue weighted by Crippen LogP contribution is 1.79. The molecule has 86 valence electrons. The zero-order valence-electron chi connectivity index (χ0n) is 8.69. The van der Waals surface area contributed by atoms with Gasteiger partial charge in [-0.15, -0.1) is 0 Å². The van der Waals surface area contributed by atoms with Crippen molar-refractivity contribution < 1.29 is 19.9 Å². The summed E-state index contributed by atoms with van der Waals surface area (Å²) in [6.45, 7) is 4.93. The lowest BCUT2D eigenvalue weighted by molar-refractivity contribution is -0.0328. The van der Waals surface area contributed by atoms with Crippen LogP contribution in [0, 0.1) is 0 Å². The molecule has 0 heterocycles. The highest BCUT2D eigenvalue weighted by Gasteiger charge is 1.95. The van der Waals surface area contributed by atoms with Crippen molar-refractivity contribution in [3.05, 3.63) is 0 Å². The Bertz CT molecular complexity index is 108. The summed E-state index contributed by atoms with van der Waals surface area (Å²) >= 11 is 0. The van der Waals surface area contributed by atoms with Gasteiger partial charge in [-0.2, -0.15) is 0 Å². The first kappa shape index (κ1) is 13.8. The van der Waals surface area contributed by atoms with Gasteiger partial charge in [0, 0.05) is 13.1 Å². The molecule has 2 atom stereocenters. The number of hydrogen-bond acceptors (Lipinski definition) is 6. The first-order chi connectivity index (χ1) is 6.63. The Labute approximate surface area is 84.1 Å². The molecular weight excluding hydrogens is 188 g/mol. The van der Waals surface area contributed by atoms with Gasteiger partial charge in [-0.05, 0) is 13.8 Å². The second-order valence-electron chi connectivity index (χ2n) is 3.11. The molecule has 0 aromatic carbocycles. The van der Waals surface area contributed by atoms with Gasteiger partial charge in [0.15, 0.2) is 0 Å². The minimum atomic E-state index is -0.470. The summed E-state index contributed by atoms with van der Waals surface area (Å²) < 4.78 is 0. The lowest BCUT2D eigenvalue weighted by Crippen LogP contribution is -2.31. The van der Waals surface area contributed by atoms with Crippen LogP contribution in [-0.4, -0.2) is 48.7 Å². The van der Waals surface area contributed by atoms with E-state index >= 15 is 0 Å². The first-order valence-electron chi connectivity index (χ1n) is 4.68. The zero-order valence-corrected chi connectivity index (χ0v) is 8.69. The monoisotopic (exact) mass is 208 g/mol. The maximum Gasteiger partial charge on any atom is 0.0938 e. The molecule has 14 heavy (non-hydrogen) atoms. The fourth-order valence-corrected chi connectivity index (χ4v) is 0.605. The second-order valence-corrected chi connectivity index (χ2v) is 3.11. The van der Waals surface area contributed by atoms with Crippen molar-refractivity contribution >= 4 is 0 Å². The topological polar surface area (TPSA) is 83.0 Å². The predicted molar refractivity (Wildman–Crippen MR) is 51.3 cm³/mol. The van der Waals surface area contributed by atoms with Gasteiger partial charge < -0.3 is 10.2 Å². The molecular formula is C8H20N2O4. The Hall–Kier alpha value is -0.240. The van der Waals surface area contributed by atoms with E-state index in [2.05, 4.69) is 11.0 Å². The standard InChI is InChI=1S/C8H20N2O4/c1-7(11)5-13-9-3-4-10-14-6-8(2)12/h7-12H,3-6H2,1-2H3. The van der Waals surface area contributed by atoms with Gasteiger partial charge in [-0.1, -0.05) is 0 Å². The molecule has 0 rings (SSSR count). The Morgan fingerprint density at radius 2 is 1.29 bits per heavy atom. The van der Waals surface area contributed by atoms with E-state index in [4.69, 9.17) is 19.9 Å². The molecule has 0 amide bonds. The van der Waals surface area contributed by atoms with Crippen LogP contribution in [-0.2, 0) is 9.68 Å². The average Bonchev–Trinajstić information content (AvgIpc) is 2.08. The van der Waals surface area contributed by atoms with Crippen molar-refractivity contribution in [1.29, 1.82) is 0 Å². The van der Waals surface area contributed by atoms with Crippen LogP contribution in [0.3, 0.4) is 0 Å². The molecule has 0 spiro atoms. The lowest BCUT2D eigenvalue weighted by Gasteiger charge is -2.09. The van der Waals surface area contributed by atoms with Crippen molar-refractivity contribution in [2.24, 2.45) is 0 Å². The third kappa shape index (κ3) is 11.8. The number of hydrogen-bond donors (Lipinski definition) is 4. The molecule has 0 aromatic heterocycles. The maximum atomic E-state index is 8.82. The van der Waals surface area contributed by atoms with E-state index in [1.807, 2.05) is 0 Å². The Kier molecular flexibility index (Phi) is 9.16. The molecule has 6 heteroatoms. The van der Waals surface area contributed by atoms with E-state index in [-0.39, 0.29) is 13.2 Å². The SMILES string of the molecule is CC(O)CONCCNOCC(C)O. The number of aliphatic hydroxyl groups is 2. The van der Waals surface area contributed by atoms with Crippen molar-refractivity contribution in [1.82, 2.24) is 11.0 Å². The number of nitrogens with one attached hydrogen (secondary N) is 2. The zero-order chi connectivity index (χ0) is 10.8. The van der Waals surface area contributed by atoms with Crippen molar-refractivity contribution in [3.8, 4) is 0 Å². The van der Waals surface area contributed by atoms with E-state index in [0.717, 1.165) is 0 Å². The van der Waals surface area contributed by atoms with E-state index in [1.54, 1.807) is 13.8 Å². The number of rotatable bonds is 9. The molecule has 0 aliphatic carbocycles. The molecule has 0 radical (unpaired) electrons. The summed E-state index contributed by atoms with van der Waals surface area (Å²) in [5.74, 6) is 0. The highest BCUT2D eigenvalue weighted by atomic mass is 16.7. The third-order valence-corrected chi connectivity index (χ3v) is 1.18. The molecule has 0 bridgehead atoms. The number of aliphatic hydroxyl groups excluding tert-OH is 2. The second kappa shape index (κ2) is 9.32. The van der Waals surface area contributed by atoms with Crippen molar-refractivity contribution in [2.75, 3.05) is 26.3 Å². The first-order valence-corrected chi connectivity index (χ1v) is 4.68. The third-order valence-electron chi connectivity index (χ3n) is 1.18. The minimum Gasteiger partial charge on any atom is -0.391 e. The van der Waals surface area contributed by atoms with Gasteiger partial charge in [0.05, 0.1) is 25.4 Å². The Balaban J connectivity index is 2.92. The molecule has 6 nitrogen and oxygen atoms in total. The molecule has 0 aliphatic heterocycles. The minimum absolute atomic E-state index is 0.258. The van der Waals surface area contributed by atoms with Gasteiger partial charge in [-0.25, -0.2) is 11.0 Å². The van der Waals surface area contributed by atoms with Crippen LogP contribution in [0.2, 0.25) is 0 Å². The summed E-state index contributed by atoms with van der Waals surface area (Å²) in [4.78, 5) is 9.76. The van der Waals surface area contributed by atoms with Gasteiger partial charge in [-0.3, -0.25) is 9.68 Å². The summed E-state index contributed by atoms with van der Waals surface area (Å²) in [7, 11) is 0. The lowest BCUT2D eigenvalue weighted by atomic mass is 10.5. The Morgan fingerprint density at radius 3 is 1.57 bits per heavy atom. The maximum absolute atomic E-state index is 8.82. The van der Waals surface area contributed by atoms with Gasteiger partial charge in [0.2, 0.25) is 0 Å². The fourth-order valence-electron chi connectivity index (χ4n) is 0.605. The van der Waals surface area contributed by atoms with Crippen LogP contribution in [0.15, 0.2) is 0 Å². The molecule has 0 aromatic rings. The average molecular weight is 208 g/mol. The van der Waals surface area contributed by atoms with Crippen LogP contribution in [0.1, 0.15) is 13.8 Å². The van der Waals surface area contributed by atoms with Crippen LogP contribution in [0.25, 0.3) is 0 Å². The predicted octanol–water partition coefficient (Wildman–Crippen LogP) is -1.21. The van der Waals surface area contributed by atoms with E-state index in [9.17, 15) is 0 Å². The van der Waals surface area contributed by atoms with Crippen LogP contribution in [0.4, 0.5) is 0 Å². The van der Waals surface area contributed by atoms with Crippen LogP contribution < -0.4 is 11.0 Å². The molecule has 0 fully saturated rings. The van der Waals surface area contributed by atoms with E-state index in [1.165, 1.54) is 0 Å². The quantitative estimate of drug-likeness (QED) is 0.281. The van der Waals surface area contributed by atoms with Crippen molar-refractivity contribution in [2.45, 2.75) is 26.1 Å². The summed E-state index contributed by atoms with van der Waals surface area (Å²) in [5, 5.41) is 17.6. The highest BCUT2D eigenvalue weighted by molar-refractivity contribution is 4.42. The van der Waals surface area contributed by atoms with E-state index < -0.39 is 12.2 Å². The fraction of sp³-hybridized carbons (Fsp3) is 1.00. The smallest absolute Gasteiger partial charge is 0.0938 e. The molecule has 4 N–H and O–H groups in total. The molecule has 0 aliphatic rings. The summed E-state index contributed by atoms with van der Waals surface area (Å²) in [6, 6.07) is 0. The molecule has 2 unspecified atom stereocenters. The molecule has 0 saturated heterocycles. The number of hydroxylamine groups is 2. The van der Waals surface area contributed by atoms with Crippen molar-refractivity contribution in [3.63, 3.8) is 0 Å². The summed E-state index contributed by atoms with van der Waals surface area (Å²) in [6.07, 6.45) is -0.941. The Morgan fingerprint density at radius 1 is 0.929 bits per heavy atom. The van der Waals surface area contributed by atoms with Gasteiger partial charge in [0.1, 0.15) is 0 Å². The van der Waals surface area contributed by atoms with E-state index in [0.29, 0.717) is 13.1 Å². The van der Waals surface area contributed by atoms with Gasteiger partial charge in [0.25, 0.3) is 0 Å². The van der Waals surface area contributed by atoms with Crippen LogP contribution in [0.5, 0.6) is 0 Å². The summed E-state index contributed by atoms with van der Waals surface area (Å²) in [5.41, 5.74) is 5.28. The normalized spacial score (nSPS) is 15.4. The van der Waals surface area contributed by atoms with Crippen LogP contribution >= 0.6 is 0 Å². The van der Waals surface area contributed by atoms with Gasteiger partial charge >= 0.3 is 0 Å². The molecule has 0 saturated carbocycles. The largest absolute Gasteiger partial charge is 0.391 e.